The quantitative estimate of drug-likeness (QED) is 0.505. The monoisotopic (exact) mass is 386 g/mol. The van der Waals surface area contributed by atoms with Gasteiger partial charge in [0, 0.05) is 20.8 Å². The Kier molecular flexibility index (Phi) is 7.17. The van der Waals surface area contributed by atoms with Crippen LogP contribution in [-0.2, 0) is 37.2 Å². The van der Waals surface area contributed by atoms with Crippen LogP contribution in [0.5, 0.6) is 0 Å². The summed E-state index contributed by atoms with van der Waals surface area (Å²) < 4.78 is 38.8. The minimum absolute atomic E-state index is 0.329. The maximum absolute atomic E-state index is 14.3. The predicted molar refractivity (Wildman–Crippen MR) is 71.3 cm³/mol. The molecule has 1 rings (SSSR count). The molecule has 0 aromatic heterocycles. The van der Waals surface area contributed by atoms with Gasteiger partial charge in [-0.1, -0.05) is 0 Å². The normalized spacial score (nSPS) is 31.2. The van der Waals surface area contributed by atoms with E-state index in [0.29, 0.717) is 0 Å². The van der Waals surface area contributed by atoms with Gasteiger partial charge in [-0.15, -0.1) is 0 Å². The van der Waals surface area contributed by atoms with Gasteiger partial charge in [-0.2, -0.15) is 0 Å². The van der Waals surface area contributed by atoms with Crippen molar-refractivity contribution in [1.82, 2.24) is 0 Å². The summed E-state index contributed by atoms with van der Waals surface area (Å²) in [7, 11) is 0. The molecular weight excluding hydrogens is 371 g/mol. The fourth-order valence-electron chi connectivity index (χ4n) is 1.93. The van der Waals surface area contributed by atoms with Crippen molar-refractivity contribution in [2.75, 3.05) is 6.61 Å². The fraction of sp³-hybridized carbons (Fsp3) is 0.750. The summed E-state index contributed by atoms with van der Waals surface area (Å²) in [6, 6.07) is 0. The van der Waals surface area contributed by atoms with Crippen LogP contribution in [-0.4, -0.2) is 55.3 Å². The van der Waals surface area contributed by atoms with Gasteiger partial charge in [0.05, 0.1) is 0 Å². The zero-order valence-corrected chi connectivity index (χ0v) is 13.7. The minimum Gasteiger partial charge on any atom is -0.463 e. The second-order valence-corrected chi connectivity index (χ2v) is 4.90. The molecule has 8 nitrogen and oxygen atoms in total. The van der Waals surface area contributed by atoms with Crippen LogP contribution in [0.2, 0.25) is 0 Å². The van der Waals surface area contributed by atoms with Crippen molar-refractivity contribution in [1.29, 1.82) is 0 Å². The Hall–Kier alpha value is -1.26. The molecular formula is C12H16BrFO8. The van der Waals surface area contributed by atoms with Crippen LogP contribution in [0.3, 0.4) is 0 Å². The van der Waals surface area contributed by atoms with Crippen molar-refractivity contribution in [3.8, 4) is 0 Å². The summed E-state index contributed by atoms with van der Waals surface area (Å²) in [6.07, 6.45) is -7.16. The predicted octanol–water partition coefficient (Wildman–Crippen LogP) is 0.802. The minimum atomic E-state index is -1.92. The molecule has 0 aromatic carbocycles. The molecule has 0 spiro atoms. The lowest BCUT2D eigenvalue weighted by Gasteiger charge is -2.40. The number of hydrogen-bond acceptors (Lipinski definition) is 8. The van der Waals surface area contributed by atoms with Gasteiger partial charge in [0.2, 0.25) is 6.29 Å². The number of hydrogen-bond donors (Lipinski definition) is 0. The van der Waals surface area contributed by atoms with Crippen molar-refractivity contribution in [2.45, 2.75) is 51.5 Å². The molecule has 10 heteroatoms. The van der Waals surface area contributed by atoms with E-state index >= 15 is 0 Å². The van der Waals surface area contributed by atoms with E-state index in [1.54, 1.807) is 0 Å². The Bertz CT molecular complexity index is 431. The maximum atomic E-state index is 14.3. The Morgan fingerprint density at radius 1 is 1.05 bits per heavy atom. The van der Waals surface area contributed by atoms with Crippen molar-refractivity contribution < 1.29 is 41.5 Å². The van der Waals surface area contributed by atoms with Crippen LogP contribution in [0, 0.1) is 0 Å². The molecule has 0 aliphatic carbocycles. The number of carbonyl (C=O) groups excluding carboxylic acids is 3. The van der Waals surface area contributed by atoms with Gasteiger partial charge < -0.3 is 18.9 Å². The van der Waals surface area contributed by atoms with Gasteiger partial charge in [0.15, 0.2) is 18.4 Å². The largest absolute Gasteiger partial charge is 0.463 e. The van der Waals surface area contributed by atoms with E-state index in [2.05, 4.69) is 20.1 Å². The molecule has 0 amide bonds. The third-order valence-corrected chi connectivity index (χ3v) is 3.08. The summed E-state index contributed by atoms with van der Waals surface area (Å²) in [5, 5.41) is 0. The third kappa shape index (κ3) is 5.18. The lowest BCUT2D eigenvalue weighted by atomic mass is 9.99. The highest BCUT2D eigenvalue weighted by molar-refractivity contribution is 9.06. The highest BCUT2D eigenvalue weighted by Crippen LogP contribution is 2.30. The SMILES string of the molecule is CC(=O)OC[C@H]1O[C@H](OBr)[C@@H](F)[C@@H](OC(C)=O)[C@@H]1OC(C)=O. The average molecular weight is 387 g/mol. The van der Waals surface area contributed by atoms with Crippen molar-refractivity contribution in [2.24, 2.45) is 0 Å². The molecule has 0 N–H and O–H groups in total. The molecule has 1 heterocycles. The lowest BCUT2D eigenvalue weighted by Crippen LogP contribution is -2.60. The Balaban J connectivity index is 3.00. The first-order chi connectivity index (χ1) is 10.3. The van der Waals surface area contributed by atoms with Gasteiger partial charge in [-0.25, -0.2) is 4.39 Å². The molecule has 5 atom stereocenters. The van der Waals surface area contributed by atoms with Crippen molar-refractivity contribution in [3.05, 3.63) is 0 Å². The third-order valence-electron chi connectivity index (χ3n) is 2.72. The molecule has 0 aromatic rings. The average Bonchev–Trinajstić information content (AvgIpc) is 2.41. The number of carbonyl (C=O) groups is 3. The van der Waals surface area contributed by atoms with Gasteiger partial charge >= 0.3 is 17.9 Å². The number of alkyl halides is 1. The lowest BCUT2D eigenvalue weighted by molar-refractivity contribution is -0.267. The molecule has 0 saturated carbocycles. The second kappa shape index (κ2) is 8.39. The Morgan fingerprint density at radius 3 is 2.05 bits per heavy atom. The van der Waals surface area contributed by atoms with Crippen molar-refractivity contribution in [3.63, 3.8) is 0 Å². The first kappa shape index (κ1) is 18.8. The second-order valence-electron chi connectivity index (χ2n) is 4.53. The number of esters is 3. The first-order valence-electron chi connectivity index (χ1n) is 6.31. The summed E-state index contributed by atoms with van der Waals surface area (Å²) in [5.41, 5.74) is 0. The van der Waals surface area contributed by atoms with E-state index in [9.17, 15) is 18.8 Å². The number of ether oxygens (including phenoxy) is 4. The molecule has 1 aliphatic rings. The highest BCUT2D eigenvalue weighted by atomic mass is 79.9. The summed E-state index contributed by atoms with van der Waals surface area (Å²) >= 11 is 2.60. The topological polar surface area (TPSA) is 97.4 Å². The highest BCUT2D eigenvalue weighted by Gasteiger charge is 2.51. The maximum Gasteiger partial charge on any atom is 0.303 e. The van der Waals surface area contributed by atoms with Crippen molar-refractivity contribution >= 4 is 34.2 Å². The number of halogens is 2. The standard InChI is InChI=1S/C12H16BrFO8/c1-5(15)18-4-8-10(19-6(2)16)11(20-7(3)17)9(14)12(21-8)22-13/h8-12H,4H2,1-3H3/t8-,9+,10-,11-,12-/m1/s1. The molecule has 1 saturated heterocycles. The summed E-state index contributed by atoms with van der Waals surface area (Å²) in [4.78, 5) is 33.2. The Labute approximate surface area is 134 Å². The Morgan fingerprint density at radius 2 is 1.59 bits per heavy atom. The molecule has 0 bridgehead atoms. The van der Waals surface area contributed by atoms with E-state index in [1.165, 1.54) is 6.92 Å². The molecule has 0 radical (unpaired) electrons. The summed E-state index contributed by atoms with van der Waals surface area (Å²) in [6.45, 7) is 3.03. The van der Waals surface area contributed by atoms with E-state index < -0.39 is 48.7 Å². The molecule has 1 fully saturated rings. The van der Waals surface area contributed by atoms with Gasteiger partial charge in [-0.05, 0) is 0 Å². The first-order valence-corrected chi connectivity index (χ1v) is 6.95. The van der Waals surface area contributed by atoms with Crippen LogP contribution in [0.25, 0.3) is 0 Å². The zero-order chi connectivity index (χ0) is 16.9. The van der Waals surface area contributed by atoms with Crippen LogP contribution in [0.1, 0.15) is 20.8 Å². The zero-order valence-electron chi connectivity index (χ0n) is 12.1. The van der Waals surface area contributed by atoms with Gasteiger partial charge in [-0.3, -0.25) is 18.2 Å². The van der Waals surface area contributed by atoms with E-state index in [-0.39, 0.29) is 6.61 Å². The van der Waals surface area contributed by atoms with E-state index in [1.807, 2.05) is 0 Å². The smallest absolute Gasteiger partial charge is 0.303 e. The van der Waals surface area contributed by atoms with Crippen LogP contribution >= 0.6 is 16.3 Å². The molecule has 1 aliphatic heterocycles. The molecule has 126 valence electrons. The van der Waals surface area contributed by atoms with Gasteiger partial charge in [0.1, 0.15) is 29.0 Å². The van der Waals surface area contributed by atoms with E-state index in [0.717, 1.165) is 13.8 Å². The number of rotatable bonds is 5. The van der Waals surface area contributed by atoms with Gasteiger partial charge in [0.25, 0.3) is 0 Å². The van der Waals surface area contributed by atoms with Crippen LogP contribution in [0.4, 0.5) is 4.39 Å². The van der Waals surface area contributed by atoms with E-state index in [4.69, 9.17) is 18.9 Å². The summed E-state index contributed by atoms with van der Waals surface area (Å²) in [5.74, 6) is -2.11. The molecule has 22 heavy (non-hydrogen) atoms. The molecule has 0 unspecified atom stereocenters. The van der Waals surface area contributed by atoms with Crippen LogP contribution in [0.15, 0.2) is 0 Å². The van der Waals surface area contributed by atoms with Crippen LogP contribution < -0.4 is 0 Å². The fourth-order valence-corrected chi connectivity index (χ4v) is 2.23.